The van der Waals surface area contributed by atoms with Gasteiger partial charge in [0, 0.05) is 5.56 Å². The van der Waals surface area contributed by atoms with Gasteiger partial charge in [-0.3, -0.25) is 4.79 Å². The number of rotatable bonds is 2. The van der Waals surface area contributed by atoms with Gasteiger partial charge in [0.2, 0.25) is 0 Å². The highest BCUT2D eigenvalue weighted by atomic mass is 16.1. The molecule has 1 nitrogen and oxygen atoms in total. The van der Waals surface area contributed by atoms with Gasteiger partial charge in [-0.25, -0.2) is 0 Å². The van der Waals surface area contributed by atoms with E-state index < -0.39 is 0 Å². The average Bonchev–Trinajstić information content (AvgIpc) is 2.03. The summed E-state index contributed by atoms with van der Waals surface area (Å²) in [5.41, 5.74) is 2.22. The fourth-order valence-electron chi connectivity index (χ4n) is 0.941. The molecule has 0 fully saturated rings. The maximum absolute atomic E-state index is 11.4. The number of allylic oxidation sites excluding steroid dienone is 1. The quantitative estimate of drug-likeness (QED) is 0.478. The van der Waals surface area contributed by atoms with Crippen LogP contribution in [0.2, 0.25) is 0 Å². The molecule has 0 aliphatic rings. The van der Waals surface area contributed by atoms with Crippen LogP contribution in [0.5, 0.6) is 0 Å². The Morgan fingerprint density at radius 2 is 2.25 bits per heavy atom. The molecule has 1 aromatic carbocycles. The summed E-state index contributed by atoms with van der Waals surface area (Å²) in [5.74, 6) is -0.0290. The Balaban J connectivity index is 3.04. The molecule has 0 atom stereocenters. The number of carbonyl (C=O) groups excluding carboxylic acids is 1. The number of carbonyl (C=O) groups is 1. The van der Waals surface area contributed by atoms with Crippen molar-refractivity contribution >= 4 is 5.78 Å². The van der Waals surface area contributed by atoms with Gasteiger partial charge in [-0.1, -0.05) is 24.3 Å². The van der Waals surface area contributed by atoms with E-state index in [0.717, 1.165) is 5.56 Å². The molecular formula is C11H11O. The number of hydrogen-bond donors (Lipinski definition) is 0. The molecule has 0 spiro atoms. The fraction of sp³-hybridized carbons (Fsp3) is 0.182. The summed E-state index contributed by atoms with van der Waals surface area (Å²) < 4.78 is 0. The van der Waals surface area contributed by atoms with Gasteiger partial charge >= 0.3 is 0 Å². The van der Waals surface area contributed by atoms with E-state index in [-0.39, 0.29) is 5.78 Å². The standard InChI is InChI=1S/C11H11O/c1-8(2)11(12)10-6-4-5-9(3)7-10/h4-5,7H,1H2,2-3H3. The summed E-state index contributed by atoms with van der Waals surface area (Å²) in [4.78, 5) is 11.4. The van der Waals surface area contributed by atoms with Crippen molar-refractivity contribution in [2.45, 2.75) is 13.8 Å². The third-order valence-electron chi connectivity index (χ3n) is 1.59. The van der Waals surface area contributed by atoms with Crippen LogP contribution in [0.4, 0.5) is 0 Å². The molecule has 12 heavy (non-hydrogen) atoms. The molecule has 0 heterocycles. The van der Waals surface area contributed by atoms with Crippen molar-refractivity contribution in [2.75, 3.05) is 0 Å². The van der Waals surface area contributed by atoms with Crippen LogP contribution < -0.4 is 0 Å². The number of aryl methyl sites for hydroxylation is 1. The van der Waals surface area contributed by atoms with Crippen molar-refractivity contribution in [1.29, 1.82) is 0 Å². The van der Waals surface area contributed by atoms with Crippen LogP contribution in [-0.2, 0) is 0 Å². The summed E-state index contributed by atoms with van der Waals surface area (Å²) in [6.07, 6.45) is 0. The molecule has 0 saturated carbocycles. The maximum Gasteiger partial charge on any atom is 0.188 e. The summed E-state index contributed by atoms with van der Waals surface area (Å²) in [7, 11) is 0. The summed E-state index contributed by atoms with van der Waals surface area (Å²) in [6, 6.07) is 8.36. The molecule has 0 aromatic heterocycles. The minimum atomic E-state index is -0.0290. The first-order valence-corrected chi connectivity index (χ1v) is 3.80. The smallest absolute Gasteiger partial charge is 0.188 e. The van der Waals surface area contributed by atoms with E-state index in [2.05, 4.69) is 12.6 Å². The van der Waals surface area contributed by atoms with Gasteiger partial charge in [0.25, 0.3) is 0 Å². The van der Waals surface area contributed by atoms with Crippen LogP contribution in [0, 0.1) is 13.0 Å². The van der Waals surface area contributed by atoms with E-state index in [1.165, 1.54) is 0 Å². The molecule has 0 saturated heterocycles. The first-order valence-electron chi connectivity index (χ1n) is 3.80. The lowest BCUT2D eigenvalue weighted by Crippen LogP contribution is -1.99. The molecule has 0 amide bonds. The lowest BCUT2D eigenvalue weighted by molar-refractivity contribution is 0.103. The zero-order valence-electron chi connectivity index (χ0n) is 7.35. The Morgan fingerprint density at radius 1 is 1.58 bits per heavy atom. The van der Waals surface area contributed by atoms with Gasteiger partial charge in [-0.15, -0.1) is 0 Å². The zero-order valence-corrected chi connectivity index (χ0v) is 7.35. The molecule has 0 aliphatic carbocycles. The minimum Gasteiger partial charge on any atom is -0.289 e. The van der Waals surface area contributed by atoms with Gasteiger partial charge in [0.15, 0.2) is 5.78 Å². The molecule has 0 unspecified atom stereocenters. The third kappa shape index (κ3) is 1.82. The van der Waals surface area contributed by atoms with Crippen molar-refractivity contribution in [3.05, 3.63) is 47.5 Å². The number of hydrogen-bond acceptors (Lipinski definition) is 1. The Bertz CT molecular complexity index is 324. The molecule has 0 N–H and O–H groups in total. The minimum absolute atomic E-state index is 0.0290. The number of benzene rings is 1. The Morgan fingerprint density at radius 3 is 2.75 bits per heavy atom. The fourth-order valence-corrected chi connectivity index (χ4v) is 0.941. The molecular weight excluding hydrogens is 148 g/mol. The van der Waals surface area contributed by atoms with Crippen molar-refractivity contribution < 1.29 is 4.79 Å². The largest absolute Gasteiger partial charge is 0.289 e. The highest BCUT2D eigenvalue weighted by Crippen LogP contribution is 2.07. The van der Waals surface area contributed by atoms with Crippen molar-refractivity contribution in [2.24, 2.45) is 0 Å². The van der Waals surface area contributed by atoms with Crippen LogP contribution >= 0.6 is 0 Å². The van der Waals surface area contributed by atoms with Crippen molar-refractivity contribution in [3.63, 3.8) is 0 Å². The van der Waals surface area contributed by atoms with E-state index in [4.69, 9.17) is 0 Å². The topological polar surface area (TPSA) is 17.1 Å². The molecule has 1 radical (unpaired) electrons. The third-order valence-corrected chi connectivity index (χ3v) is 1.59. The highest BCUT2D eigenvalue weighted by Gasteiger charge is 2.05. The van der Waals surface area contributed by atoms with Crippen LogP contribution in [-0.4, -0.2) is 5.78 Å². The van der Waals surface area contributed by atoms with Gasteiger partial charge in [-0.2, -0.15) is 0 Å². The molecule has 1 heteroatoms. The summed E-state index contributed by atoms with van der Waals surface area (Å²) in [5, 5.41) is 0. The molecule has 0 aliphatic heterocycles. The van der Waals surface area contributed by atoms with Crippen LogP contribution in [0.25, 0.3) is 0 Å². The second-order valence-electron chi connectivity index (χ2n) is 2.89. The van der Waals surface area contributed by atoms with Gasteiger partial charge in [0.05, 0.1) is 0 Å². The first kappa shape index (κ1) is 8.72. The normalized spacial score (nSPS) is 9.50. The SMILES string of the molecule is C=C(C)C(=O)c1[c]ccc(C)c1. The van der Waals surface area contributed by atoms with Crippen molar-refractivity contribution in [1.82, 2.24) is 0 Å². The predicted octanol–water partition coefficient (Wildman–Crippen LogP) is 2.55. The van der Waals surface area contributed by atoms with Gasteiger partial charge < -0.3 is 0 Å². The van der Waals surface area contributed by atoms with Crippen LogP contribution in [0.1, 0.15) is 22.8 Å². The van der Waals surface area contributed by atoms with Gasteiger partial charge in [-0.05, 0) is 31.6 Å². The van der Waals surface area contributed by atoms with Crippen LogP contribution in [0.3, 0.4) is 0 Å². The molecule has 61 valence electrons. The lowest BCUT2D eigenvalue weighted by atomic mass is 10.0. The van der Waals surface area contributed by atoms with E-state index in [9.17, 15) is 4.79 Å². The Labute approximate surface area is 72.7 Å². The molecule has 1 aromatic rings. The van der Waals surface area contributed by atoms with Crippen molar-refractivity contribution in [3.8, 4) is 0 Å². The summed E-state index contributed by atoms with van der Waals surface area (Å²) >= 11 is 0. The number of ketones is 1. The Kier molecular flexibility index (Phi) is 2.44. The van der Waals surface area contributed by atoms with E-state index in [1.54, 1.807) is 13.0 Å². The van der Waals surface area contributed by atoms with E-state index in [0.29, 0.717) is 11.1 Å². The lowest BCUT2D eigenvalue weighted by Gasteiger charge is -1.99. The predicted molar refractivity (Wildman–Crippen MR) is 49.2 cm³/mol. The molecule has 0 bridgehead atoms. The molecule has 1 rings (SSSR count). The first-order chi connectivity index (χ1) is 5.61. The number of Topliss-reactive ketones (excluding diaryl/α,β-unsaturated/α-hetero) is 1. The van der Waals surface area contributed by atoms with Gasteiger partial charge in [0.1, 0.15) is 0 Å². The highest BCUT2D eigenvalue weighted by molar-refractivity contribution is 6.07. The second kappa shape index (κ2) is 3.35. The monoisotopic (exact) mass is 159 g/mol. The van der Waals surface area contributed by atoms with E-state index in [1.807, 2.05) is 19.1 Å². The zero-order chi connectivity index (χ0) is 9.14. The Hall–Kier alpha value is -1.37. The summed E-state index contributed by atoms with van der Waals surface area (Å²) in [6.45, 7) is 7.25. The second-order valence-corrected chi connectivity index (χ2v) is 2.89. The maximum atomic E-state index is 11.4. The van der Waals surface area contributed by atoms with Crippen LogP contribution in [0.15, 0.2) is 30.4 Å². The van der Waals surface area contributed by atoms with E-state index >= 15 is 0 Å². The average molecular weight is 159 g/mol.